The van der Waals surface area contributed by atoms with Crippen molar-refractivity contribution < 1.29 is 15.3 Å². The van der Waals surface area contributed by atoms with E-state index >= 15 is 0 Å². The number of hydrogen-bond acceptors (Lipinski definition) is 3. The zero-order valence-electron chi connectivity index (χ0n) is 12.6. The van der Waals surface area contributed by atoms with Crippen molar-refractivity contribution in [2.24, 2.45) is 0 Å². The zero-order chi connectivity index (χ0) is 16.6. The van der Waals surface area contributed by atoms with E-state index in [1.54, 1.807) is 0 Å². The maximum Gasteiger partial charge on any atom is 0.112 e. The first-order chi connectivity index (χ1) is 11.6. The second kappa shape index (κ2) is 4.80. The Bertz CT molecular complexity index is 1070. The first-order valence-electron chi connectivity index (χ1n) is 7.96. The molecule has 1 aliphatic rings. The van der Waals surface area contributed by atoms with Crippen LogP contribution in [-0.4, -0.2) is 27.5 Å². The third-order valence-corrected chi connectivity index (χ3v) is 5.77. The van der Waals surface area contributed by atoms with Crippen molar-refractivity contribution in [3.63, 3.8) is 0 Å². The van der Waals surface area contributed by atoms with Gasteiger partial charge in [0.1, 0.15) is 18.3 Å². The molecule has 0 amide bonds. The summed E-state index contributed by atoms with van der Waals surface area (Å²) in [7, 11) is 0. The Morgan fingerprint density at radius 1 is 0.750 bits per heavy atom. The summed E-state index contributed by atoms with van der Waals surface area (Å²) in [5, 5.41) is 36.4. The van der Waals surface area contributed by atoms with Gasteiger partial charge >= 0.3 is 0 Å². The van der Waals surface area contributed by atoms with Gasteiger partial charge in [0, 0.05) is 0 Å². The van der Waals surface area contributed by atoms with Gasteiger partial charge in [0.05, 0.1) is 5.38 Å². The van der Waals surface area contributed by atoms with Crippen LogP contribution in [0, 0.1) is 0 Å². The molecule has 0 fully saturated rings. The predicted octanol–water partition coefficient (Wildman–Crippen LogP) is 3.63. The molecule has 0 unspecified atom stereocenters. The smallest absolute Gasteiger partial charge is 0.112 e. The highest BCUT2D eigenvalue weighted by atomic mass is 35.5. The normalized spacial score (nSPS) is 27.2. The molecule has 4 aromatic carbocycles. The minimum absolute atomic E-state index is 0.596. The molecule has 4 heteroatoms. The number of halogens is 1. The summed E-state index contributed by atoms with van der Waals surface area (Å²) in [4.78, 5) is 0. The van der Waals surface area contributed by atoms with Gasteiger partial charge in [-0.05, 0) is 49.5 Å². The van der Waals surface area contributed by atoms with Gasteiger partial charge in [-0.3, -0.25) is 0 Å². The molecule has 5 rings (SSSR count). The Kier molecular flexibility index (Phi) is 2.89. The minimum atomic E-state index is -1.28. The summed E-state index contributed by atoms with van der Waals surface area (Å²) < 4.78 is 0. The first-order valence-corrected chi connectivity index (χ1v) is 8.40. The van der Waals surface area contributed by atoms with Gasteiger partial charge in [0.2, 0.25) is 0 Å². The van der Waals surface area contributed by atoms with Crippen LogP contribution in [0.2, 0.25) is 0 Å². The van der Waals surface area contributed by atoms with Crippen LogP contribution in [0.15, 0.2) is 48.5 Å². The number of hydrogen-bond donors (Lipinski definition) is 3. The summed E-state index contributed by atoms with van der Waals surface area (Å²) >= 11 is 6.46. The third kappa shape index (κ3) is 1.68. The van der Waals surface area contributed by atoms with E-state index in [-0.39, 0.29) is 0 Å². The fourth-order valence-corrected chi connectivity index (χ4v) is 4.51. The fraction of sp³-hybridized carbons (Fsp3) is 0.200. The lowest BCUT2D eigenvalue weighted by Crippen LogP contribution is -2.40. The van der Waals surface area contributed by atoms with Gasteiger partial charge in [-0.1, -0.05) is 42.5 Å². The summed E-state index contributed by atoms with van der Waals surface area (Å²) in [5.41, 5.74) is 1.31. The number of fused-ring (bicyclic) bond motifs is 2. The largest absolute Gasteiger partial charge is 0.388 e. The number of alkyl halides is 1. The van der Waals surface area contributed by atoms with Gasteiger partial charge < -0.3 is 15.3 Å². The van der Waals surface area contributed by atoms with E-state index in [2.05, 4.69) is 18.2 Å². The van der Waals surface area contributed by atoms with E-state index in [0.29, 0.717) is 11.1 Å². The quantitative estimate of drug-likeness (QED) is 0.339. The van der Waals surface area contributed by atoms with Crippen molar-refractivity contribution in [2.45, 2.75) is 23.7 Å². The molecular weight excluding hydrogens is 324 g/mol. The van der Waals surface area contributed by atoms with Gasteiger partial charge in [-0.25, -0.2) is 0 Å². The van der Waals surface area contributed by atoms with Crippen LogP contribution in [0.4, 0.5) is 0 Å². The Morgan fingerprint density at radius 3 is 2.17 bits per heavy atom. The van der Waals surface area contributed by atoms with E-state index in [0.717, 1.165) is 32.3 Å². The zero-order valence-corrected chi connectivity index (χ0v) is 13.4. The molecule has 0 heterocycles. The monoisotopic (exact) mass is 338 g/mol. The molecule has 3 nitrogen and oxygen atoms in total. The minimum Gasteiger partial charge on any atom is -0.388 e. The molecule has 1 aliphatic carbocycles. The standard InChI is InChI=1S/C20H15ClO3/c21-17-16-12-7-6-10-3-1-2-9-4-5-11(15(12)14(9)10)8-13(16)18(22)20(24)19(17)23/h1-8,17-20,22-24H/t17-,18+,19+,20-/m0/s1. The van der Waals surface area contributed by atoms with Crippen LogP contribution >= 0.6 is 11.6 Å². The summed E-state index contributed by atoms with van der Waals surface area (Å²) in [6.07, 6.45) is -3.63. The second-order valence-corrected chi connectivity index (χ2v) is 7.03. The lowest BCUT2D eigenvalue weighted by atomic mass is 9.80. The highest BCUT2D eigenvalue weighted by Gasteiger charge is 2.40. The molecule has 0 saturated heterocycles. The molecule has 0 bridgehead atoms. The SMILES string of the molecule is O[C@@H]1[C@H](O)[C@@H](Cl)c2c(cc3ccc4cccc5ccc2c3c45)[C@H]1O. The van der Waals surface area contributed by atoms with E-state index in [9.17, 15) is 15.3 Å². The van der Waals surface area contributed by atoms with Crippen molar-refractivity contribution in [2.75, 3.05) is 0 Å². The number of rotatable bonds is 0. The predicted molar refractivity (Wildman–Crippen MR) is 95.7 cm³/mol. The van der Waals surface area contributed by atoms with E-state index in [1.165, 1.54) is 0 Å². The Hall–Kier alpha value is -1.91. The van der Waals surface area contributed by atoms with Crippen LogP contribution in [0.25, 0.3) is 32.3 Å². The summed E-state index contributed by atoms with van der Waals surface area (Å²) in [6.45, 7) is 0. The van der Waals surface area contributed by atoms with Crippen LogP contribution in [-0.2, 0) is 0 Å². The van der Waals surface area contributed by atoms with Crippen molar-refractivity contribution >= 4 is 43.9 Å². The van der Waals surface area contributed by atoms with Crippen molar-refractivity contribution in [1.82, 2.24) is 0 Å². The maximum atomic E-state index is 10.4. The highest BCUT2D eigenvalue weighted by Crippen LogP contribution is 2.47. The molecule has 0 aliphatic heterocycles. The number of benzene rings is 4. The molecule has 24 heavy (non-hydrogen) atoms. The van der Waals surface area contributed by atoms with Gasteiger partial charge in [-0.15, -0.1) is 11.6 Å². The van der Waals surface area contributed by atoms with Gasteiger partial charge in [0.15, 0.2) is 0 Å². The summed E-state index contributed by atoms with van der Waals surface area (Å²) in [6, 6.07) is 16.2. The van der Waals surface area contributed by atoms with Gasteiger partial charge in [0.25, 0.3) is 0 Å². The van der Waals surface area contributed by atoms with Crippen LogP contribution in [0.1, 0.15) is 22.6 Å². The molecule has 0 saturated carbocycles. The van der Waals surface area contributed by atoms with E-state index < -0.39 is 23.7 Å². The lowest BCUT2D eigenvalue weighted by Gasteiger charge is -2.35. The number of aliphatic hydroxyl groups is 3. The molecule has 3 N–H and O–H groups in total. The van der Waals surface area contributed by atoms with E-state index in [4.69, 9.17) is 11.6 Å². The van der Waals surface area contributed by atoms with Crippen LogP contribution in [0.3, 0.4) is 0 Å². The number of aliphatic hydroxyl groups excluding tert-OH is 3. The second-order valence-electron chi connectivity index (χ2n) is 6.56. The fourth-order valence-electron chi connectivity index (χ4n) is 4.12. The van der Waals surface area contributed by atoms with Crippen LogP contribution < -0.4 is 0 Å². The van der Waals surface area contributed by atoms with Crippen LogP contribution in [0.5, 0.6) is 0 Å². The molecule has 4 atom stereocenters. The molecule has 120 valence electrons. The van der Waals surface area contributed by atoms with Crippen molar-refractivity contribution in [1.29, 1.82) is 0 Å². The highest BCUT2D eigenvalue weighted by molar-refractivity contribution is 6.27. The average Bonchev–Trinajstić information content (AvgIpc) is 2.62. The van der Waals surface area contributed by atoms with Crippen molar-refractivity contribution in [3.05, 3.63) is 59.7 Å². The molecule has 0 radical (unpaired) electrons. The topological polar surface area (TPSA) is 60.7 Å². The Morgan fingerprint density at radius 2 is 1.42 bits per heavy atom. The molecule has 0 aromatic heterocycles. The average molecular weight is 339 g/mol. The third-order valence-electron chi connectivity index (χ3n) is 5.29. The molecule has 4 aromatic rings. The first kappa shape index (κ1) is 14.4. The van der Waals surface area contributed by atoms with Crippen molar-refractivity contribution in [3.8, 4) is 0 Å². The van der Waals surface area contributed by atoms with E-state index in [1.807, 2.05) is 30.3 Å². The Labute approximate surface area is 143 Å². The molecule has 0 spiro atoms. The Balaban J connectivity index is 2.01. The lowest BCUT2D eigenvalue weighted by molar-refractivity contribution is -0.0703. The maximum absolute atomic E-state index is 10.4. The van der Waals surface area contributed by atoms with Gasteiger partial charge in [-0.2, -0.15) is 0 Å². The molecular formula is C20H15ClO3. The summed E-state index contributed by atoms with van der Waals surface area (Å²) in [5.74, 6) is 0.